The van der Waals surface area contributed by atoms with E-state index in [-0.39, 0.29) is 23.1 Å². The highest BCUT2D eigenvalue weighted by Gasteiger charge is 2.33. The maximum atomic E-state index is 13.7. The maximum Gasteiger partial charge on any atom is 0.338 e. The van der Waals surface area contributed by atoms with Gasteiger partial charge in [0, 0.05) is 6.07 Å². The first-order valence-corrected chi connectivity index (χ1v) is 13.6. The molecule has 1 aliphatic heterocycles. The summed E-state index contributed by atoms with van der Waals surface area (Å²) >= 11 is 4.56. The van der Waals surface area contributed by atoms with Gasteiger partial charge in [-0.05, 0) is 59.0 Å². The number of aromatic nitrogens is 1. The van der Waals surface area contributed by atoms with E-state index in [0.717, 1.165) is 16.9 Å². The second-order valence-corrected chi connectivity index (χ2v) is 10.5. The van der Waals surface area contributed by atoms with E-state index in [1.54, 1.807) is 12.1 Å². The maximum absolute atomic E-state index is 13.7. The summed E-state index contributed by atoms with van der Waals surface area (Å²) in [4.78, 5) is 43.0. The Kier molecular flexibility index (Phi) is 8.27. The smallest absolute Gasteiger partial charge is 0.338 e. The van der Waals surface area contributed by atoms with Gasteiger partial charge in [0.2, 0.25) is 5.75 Å². The molecule has 0 saturated carbocycles. The molecular weight excluding hydrogens is 574 g/mol. The highest BCUT2D eigenvalue weighted by Crippen LogP contribution is 2.37. The van der Waals surface area contributed by atoms with Gasteiger partial charge in [0.05, 0.1) is 44.5 Å². The minimum atomic E-state index is -0.718. The number of carbonyl (C=O) groups is 1. The topological polar surface area (TPSA) is 113 Å². The average Bonchev–Trinajstić information content (AvgIpc) is 3.22. The predicted molar refractivity (Wildman–Crippen MR) is 148 cm³/mol. The number of fused-ring (bicyclic) bond motifs is 1. The fraction of sp³-hybridized carbons (Fsp3) is 0.296. The highest BCUT2D eigenvalue weighted by molar-refractivity contribution is 9.10. The molecule has 9 nitrogen and oxygen atoms in total. The quantitative estimate of drug-likeness (QED) is 0.212. The summed E-state index contributed by atoms with van der Waals surface area (Å²) in [6.07, 6.45) is 2.52. The number of rotatable bonds is 8. The molecular formula is C27H26BrN3O6S. The van der Waals surface area contributed by atoms with Gasteiger partial charge in [-0.3, -0.25) is 19.5 Å². The molecule has 1 aliphatic rings. The summed E-state index contributed by atoms with van der Waals surface area (Å²) in [5, 5.41) is 11.8. The van der Waals surface area contributed by atoms with Crippen molar-refractivity contribution in [2.75, 3.05) is 7.11 Å². The van der Waals surface area contributed by atoms with E-state index < -0.39 is 16.9 Å². The molecule has 1 aromatic heterocycles. The lowest BCUT2D eigenvalue weighted by molar-refractivity contribution is -0.386. The van der Waals surface area contributed by atoms with Crippen molar-refractivity contribution in [3.05, 3.63) is 99.1 Å². The molecule has 2 aromatic carbocycles. The van der Waals surface area contributed by atoms with Crippen LogP contribution in [0.25, 0.3) is 6.08 Å². The number of thiazole rings is 1. The van der Waals surface area contributed by atoms with Gasteiger partial charge in [0.25, 0.3) is 5.56 Å². The van der Waals surface area contributed by atoms with Crippen molar-refractivity contribution in [3.8, 4) is 5.75 Å². The Morgan fingerprint density at radius 1 is 1.29 bits per heavy atom. The molecule has 2 atom stereocenters. The molecule has 0 radical (unpaired) electrons. The lowest BCUT2D eigenvalue weighted by Gasteiger charge is -2.25. The molecule has 3 aromatic rings. The van der Waals surface area contributed by atoms with E-state index in [4.69, 9.17) is 9.47 Å². The van der Waals surface area contributed by atoms with E-state index in [1.165, 1.54) is 17.7 Å². The van der Waals surface area contributed by atoms with Crippen LogP contribution in [0, 0.1) is 10.1 Å². The Morgan fingerprint density at radius 2 is 2.00 bits per heavy atom. The van der Waals surface area contributed by atoms with E-state index >= 15 is 0 Å². The minimum Gasteiger partial charge on any atom is -0.483 e. The number of esters is 1. The molecule has 38 heavy (non-hydrogen) atoms. The Bertz CT molecular complexity index is 1610. The van der Waals surface area contributed by atoms with Gasteiger partial charge in [-0.15, -0.1) is 0 Å². The van der Waals surface area contributed by atoms with E-state index in [0.29, 0.717) is 43.5 Å². The van der Waals surface area contributed by atoms with Crippen LogP contribution in [-0.4, -0.2) is 28.7 Å². The van der Waals surface area contributed by atoms with Crippen LogP contribution in [0.2, 0.25) is 0 Å². The van der Waals surface area contributed by atoms with Gasteiger partial charge in [-0.25, -0.2) is 9.79 Å². The number of nitrogens with zero attached hydrogens (tertiary/aromatic N) is 3. The van der Waals surface area contributed by atoms with Crippen LogP contribution in [-0.2, 0) is 9.53 Å². The van der Waals surface area contributed by atoms with Crippen molar-refractivity contribution >= 4 is 45.0 Å². The van der Waals surface area contributed by atoms with E-state index in [1.807, 2.05) is 51.1 Å². The molecule has 11 heteroatoms. The predicted octanol–water partition coefficient (Wildman–Crippen LogP) is 4.65. The van der Waals surface area contributed by atoms with E-state index in [2.05, 4.69) is 20.9 Å². The van der Waals surface area contributed by atoms with Crippen LogP contribution < -0.4 is 19.6 Å². The number of nitro benzene ring substituents is 1. The monoisotopic (exact) mass is 599 g/mol. The average molecular weight is 600 g/mol. The third-order valence-electron chi connectivity index (χ3n) is 6.20. The van der Waals surface area contributed by atoms with Crippen LogP contribution in [0.5, 0.6) is 5.75 Å². The first-order valence-electron chi connectivity index (χ1n) is 12.0. The number of benzene rings is 2. The molecule has 0 unspecified atom stereocenters. The number of nitro groups is 1. The molecule has 0 aliphatic carbocycles. The molecule has 0 bridgehead atoms. The van der Waals surface area contributed by atoms with Crippen LogP contribution in [0.4, 0.5) is 5.69 Å². The number of carbonyl (C=O) groups excluding carboxylic acids is 1. The number of hydrogen-bond donors (Lipinski definition) is 0. The standard InChI is InChI=1S/C27H26BrN3O6S/c1-5-15(3)37-24-18(28)12-16(13-20(24)31(34)35)14-21-25(32)30-23(17-10-8-7-9-11-17)22(26(33)36-4)19(6-2)29-27(30)38-21/h7-15,23H,5-6H2,1-4H3/b21-14+/t15-,23-/m1/s1. The summed E-state index contributed by atoms with van der Waals surface area (Å²) in [5.74, 6) is -0.410. The Morgan fingerprint density at radius 3 is 2.61 bits per heavy atom. The van der Waals surface area contributed by atoms with Crippen molar-refractivity contribution in [2.45, 2.75) is 45.8 Å². The molecule has 4 rings (SSSR count). The molecule has 0 fully saturated rings. The zero-order chi connectivity index (χ0) is 27.6. The molecule has 198 valence electrons. The third kappa shape index (κ3) is 5.21. The lowest BCUT2D eigenvalue weighted by atomic mass is 9.95. The van der Waals surface area contributed by atoms with Crippen LogP contribution >= 0.6 is 27.3 Å². The van der Waals surface area contributed by atoms with Gasteiger partial charge in [-0.2, -0.15) is 0 Å². The Hall–Kier alpha value is -3.57. The first-order chi connectivity index (χ1) is 18.2. The third-order valence-corrected chi connectivity index (χ3v) is 7.77. The number of hydrogen-bond acceptors (Lipinski definition) is 8. The van der Waals surface area contributed by atoms with Crippen molar-refractivity contribution in [2.24, 2.45) is 4.99 Å². The number of methoxy groups -OCH3 is 1. The normalized spacial score (nSPS) is 16.0. The summed E-state index contributed by atoms with van der Waals surface area (Å²) < 4.78 is 13.1. The molecule has 0 spiro atoms. The van der Waals surface area contributed by atoms with Gasteiger partial charge >= 0.3 is 11.7 Å². The van der Waals surface area contributed by atoms with Crippen molar-refractivity contribution in [3.63, 3.8) is 0 Å². The van der Waals surface area contributed by atoms with Gasteiger partial charge in [-0.1, -0.05) is 55.5 Å². The minimum absolute atomic E-state index is 0.141. The lowest BCUT2D eigenvalue weighted by Crippen LogP contribution is -2.40. The number of allylic oxidation sites excluding steroid dienone is 1. The molecule has 2 heterocycles. The van der Waals surface area contributed by atoms with Crippen molar-refractivity contribution in [1.82, 2.24) is 4.57 Å². The number of halogens is 1. The first kappa shape index (κ1) is 27.5. The Labute approximate surface area is 231 Å². The van der Waals surface area contributed by atoms with Gasteiger partial charge < -0.3 is 9.47 Å². The second-order valence-electron chi connectivity index (χ2n) is 8.64. The van der Waals surface area contributed by atoms with Crippen LogP contribution in [0.3, 0.4) is 0 Å². The molecule has 0 saturated heterocycles. The molecule has 0 N–H and O–H groups in total. The fourth-order valence-corrected chi connectivity index (χ4v) is 5.77. The van der Waals surface area contributed by atoms with Gasteiger partial charge in [0.15, 0.2) is 4.80 Å². The fourth-order valence-electron chi connectivity index (χ4n) is 4.19. The van der Waals surface area contributed by atoms with Gasteiger partial charge in [0.1, 0.15) is 0 Å². The summed E-state index contributed by atoms with van der Waals surface area (Å²) in [5.41, 5.74) is 1.48. The second kappa shape index (κ2) is 11.4. The Balaban J connectivity index is 1.93. The summed E-state index contributed by atoms with van der Waals surface area (Å²) in [7, 11) is 1.30. The largest absolute Gasteiger partial charge is 0.483 e. The molecule has 0 amide bonds. The summed E-state index contributed by atoms with van der Waals surface area (Å²) in [6, 6.07) is 11.6. The summed E-state index contributed by atoms with van der Waals surface area (Å²) in [6.45, 7) is 5.65. The van der Waals surface area contributed by atoms with E-state index in [9.17, 15) is 19.7 Å². The van der Waals surface area contributed by atoms with Crippen molar-refractivity contribution < 1.29 is 19.2 Å². The van der Waals surface area contributed by atoms with Crippen molar-refractivity contribution in [1.29, 1.82) is 0 Å². The van der Waals surface area contributed by atoms with Crippen LogP contribution in [0.1, 0.15) is 50.8 Å². The van der Waals surface area contributed by atoms with Crippen LogP contribution in [0.15, 0.2) is 68.0 Å². The number of ether oxygens (including phenoxy) is 2. The zero-order valence-electron chi connectivity index (χ0n) is 21.3. The SMILES string of the molecule is CCC1=C(C(=O)OC)[C@@H](c2ccccc2)n2c(s/c(=C/c3cc(Br)c(O[C@H](C)CC)c([N+](=O)[O-])c3)c2=O)=N1. The zero-order valence-corrected chi connectivity index (χ0v) is 23.7. The highest BCUT2D eigenvalue weighted by atomic mass is 79.9.